The molecule has 14 heteroatoms. The van der Waals surface area contributed by atoms with Gasteiger partial charge in [0.2, 0.25) is 21.8 Å². The number of benzene rings is 1. The number of rotatable bonds is 6. The van der Waals surface area contributed by atoms with E-state index < -0.39 is 68.6 Å². The van der Waals surface area contributed by atoms with E-state index in [1.807, 2.05) is 12.2 Å². The molecule has 3 N–H and O–H groups in total. The highest BCUT2D eigenvalue weighted by atomic mass is 32.2. The number of ether oxygens (including phenoxy) is 2. The van der Waals surface area contributed by atoms with Crippen molar-refractivity contribution in [1.82, 2.24) is 14.5 Å². The van der Waals surface area contributed by atoms with Gasteiger partial charge in [-0.2, -0.15) is 0 Å². The zero-order valence-corrected chi connectivity index (χ0v) is 28.1. The van der Waals surface area contributed by atoms with Crippen LogP contribution in [0.3, 0.4) is 0 Å². The summed E-state index contributed by atoms with van der Waals surface area (Å²) in [6.45, 7) is 0.258. The Morgan fingerprint density at radius 1 is 1.15 bits per heavy atom. The summed E-state index contributed by atoms with van der Waals surface area (Å²) in [6, 6.07) is 2.28. The third-order valence-electron chi connectivity index (χ3n) is 10.6. The number of nitrogens with one attached hydrogen (secondary N) is 1. The Morgan fingerprint density at radius 2 is 1.94 bits per heavy atom. The van der Waals surface area contributed by atoms with Crippen LogP contribution in [-0.4, -0.2) is 92.2 Å². The highest BCUT2D eigenvalue weighted by Gasteiger charge is 2.61. The molecule has 6 atom stereocenters. The average molecular weight is 689 g/mol. The molecule has 0 aromatic heterocycles. The number of hydrogen-bond donors (Lipinski definition) is 2. The molecular weight excluding hydrogens is 643 g/mol. The monoisotopic (exact) mass is 688 g/mol. The number of methoxy groups -OCH3 is 1. The van der Waals surface area contributed by atoms with Crippen molar-refractivity contribution in [3.63, 3.8) is 0 Å². The average Bonchev–Trinajstić information content (AvgIpc) is 3.97. The van der Waals surface area contributed by atoms with Crippen molar-refractivity contribution in [1.29, 1.82) is 0 Å². The maximum absolute atomic E-state index is 14.6. The molecule has 3 amide bonds. The number of nitrogens with two attached hydrogens (primary N) is 1. The molecule has 6 rings (SSSR count). The van der Waals surface area contributed by atoms with Gasteiger partial charge < -0.3 is 20.1 Å². The van der Waals surface area contributed by atoms with E-state index in [0.717, 1.165) is 25.7 Å². The van der Waals surface area contributed by atoms with E-state index in [1.165, 1.54) is 23.0 Å². The van der Waals surface area contributed by atoms with Crippen LogP contribution in [0.4, 0.5) is 9.18 Å². The molecule has 0 bridgehead atoms. The standard InChI is InChI=1S/C34H45FN4O8S/c1-46-20-29-25-9-7-10-26(35)24(25)14-15-38(29)33(43)47-22-16-28-30(40)18-34(32(42)37-48(44,45)23-12-13-23)17-21(34)8-5-3-2-4-6-11-27(36)31(41)39(28)19-22/h5,7-10,21-23,27-29H,2-4,6,11-20,36H2,1H3,(H,37,42)/b8-5-/t21-,22-,27+,28?,29?,34-/m1/s1. The van der Waals surface area contributed by atoms with Crippen molar-refractivity contribution in [3.05, 3.63) is 47.3 Å². The van der Waals surface area contributed by atoms with Crippen molar-refractivity contribution in [2.24, 2.45) is 17.1 Å². The Labute approximate surface area is 280 Å². The van der Waals surface area contributed by atoms with Crippen molar-refractivity contribution in [2.45, 2.75) is 100 Å². The predicted molar refractivity (Wildman–Crippen MR) is 172 cm³/mol. The molecule has 2 aliphatic carbocycles. The largest absolute Gasteiger partial charge is 0.444 e. The van der Waals surface area contributed by atoms with E-state index in [0.29, 0.717) is 43.2 Å². The van der Waals surface area contributed by atoms with Crippen molar-refractivity contribution < 1.29 is 41.5 Å². The first-order valence-corrected chi connectivity index (χ1v) is 18.5. The lowest BCUT2D eigenvalue weighted by atomic mass is 9.91. The lowest BCUT2D eigenvalue weighted by Crippen LogP contribution is -2.49. The molecule has 1 aromatic carbocycles. The van der Waals surface area contributed by atoms with Gasteiger partial charge in [0.05, 0.1) is 41.9 Å². The second kappa shape index (κ2) is 13.9. The maximum Gasteiger partial charge on any atom is 0.410 e. The van der Waals surface area contributed by atoms with Gasteiger partial charge in [-0.25, -0.2) is 17.6 Å². The highest BCUT2D eigenvalue weighted by molar-refractivity contribution is 7.90. The summed E-state index contributed by atoms with van der Waals surface area (Å²) in [7, 11) is -2.34. The molecule has 2 saturated carbocycles. The SMILES string of the molecule is COCC1c2cccc(F)c2CCN1C(=O)O[C@@H]1CC2C(=O)C[C@]3(C(=O)NS(=O)(=O)C4CC4)C[C@H]3/C=C\CCCCC[C@H](N)C(=O)N2C1. The first-order valence-electron chi connectivity index (χ1n) is 17.0. The molecule has 0 radical (unpaired) electrons. The summed E-state index contributed by atoms with van der Waals surface area (Å²) >= 11 is 0. The number of hydrogen-bond acceptors (Lipinski definition) is 9. The van der Waals surface area contributed by atoms with Gasteiger partial charge in [0.15, 0.2) is 5.78 Å². The van der Waals surface area contributed by atoms with Crippen LogP contribution in [0, 0.1) is 17.2 Å². The summed E-state index contributed by atoms with van der Waals surface area (Å²) in [5.41, 5.74) is 6.25. The molecule has 1 aromatic rings. The van der Waals surface area contributed by atoms with Crippen LogP contribution in [0.25, 0.3) is 0 Å². The Bertz CT molecular complexity index is 1580. The Morgan fingerprint density at radius 3 is 2.69 bits per heavy atom. The fourth-order valence-electron chi connectivity index (χ4n) is 7.56. The van der Waals surface area contributed by atoms with Crippen molar-refractivity contribution in [2.75, 3.05) is 26.8 Å². The van der Waals surface area contributed by atoms with Gasteiger partial charge >= 0.3 is 6.09 Å². The molecule has 3 aliphatic heterocycles. The fraction of sp³-hybridized carbons (Fsp3) is 0.647. The summed E-state index contributed by atoms with van der Waals surface area (Å²) in [5, 5.41) is -0.598. The number of carbonyl (C=O) groups excluding carboxylic acids is 4. The highest BCUT2D eigenvalue weighted by Crippen LogP contribution is 2.57. The van der Waals surface area contributed by atoms with Gasteiger partial charge in [0.1, 0.15) is 11.9 Å². The zero-order chi connectivity index (χ0) is 34.2. The summed E-state index contributed by atoms with van der Waals surface area (Å²) in [5.74, 6) is -2.18. The van der Waals surface area contributed by atoms with E-state index in [1.54, 1.807) is 12.1 Å². The smallest absolute Gasteiger partial charge is 0.410 e. The van der Waals surface area contributed by atoms with E-state index in [-0.39, 0.29) is 44.3 Å². The van der Waals surface area contributed by atoms with Gasteiger partial charge in [0.25, 0.3) is 0 Å². The van der Waals surface area contributed by atoms with Crippen LogP contribution in [0.5, 0.6) is 0 Å². The molecule has 12 nitrogen and oxygen atoms in total. The van der Waals surface area contributed by atoms with E-state index in [9.17, 15) is 32.0 Å². The number of sulfonamides is 1. The lowest BCUT2D eigenvalue weighted by Gasteiger charge is -2.36. The molecular formula is C34H45FN4O8S. The number of halogens is 1. The second-order valence-electron chi connectivity index (χ2n) is 13.9. The summed E-state index contributed by atoms with van der Waals surface area (Å²) in [6.07, 6.45) is 7.33. The molecule has 2 unspecified atom stereocenters. The van der Waals surface area contributed by atoms with Gasteiger partial charge in [0, 0.05) is 26.5 Å². The van der Waals surface area contributed by atoms with Crippen LogP contribution < -0.4 is 10.5 Å². The normalized spacial score (nSPS) is 31.9. The van der Waals surface area contributed by atoms with Crippen molar-refractivity contribution in [3.8, 4) is 0 Å². The third kappa shape index (κ3) is 7.02. The minimum Gasteiger partial charge on any atom is -0.444 e. The van der Waals surface area contributed by atoms with E-state index in [4.69, 9.17) is 15.2 Å². The Balaban J connectivity index is 1.22. The van der Waals surface area contributed by atoms with E-state index >= 15 is 0 Å². The number of allylic oxidation sites excluding steroid dienone is 2. The zero-order valence-electron chi connectivity index (χ0n) is 27.3. The minimum atomic E-state index is -3.83. The van der Waals surface area contributed by atoms with Crippen LogP contribution in [0.15, 0.2) is 30.4 Å². The van der Waals surface area contributed by atoms with Crippen LogP contribution >= 0.6 is 0 Å². The van der Waals surface area contributed by atoms with Crippen LogP contribution in [-0.2, 0) is 40.3 Å². The molecule has 3 heterocycles. The summed E-state index contributed by atoms with van der Waals surface area (Å²) < 4.78 is 53.5. The first kappa shape index (κ1) is 34.5. The second-order valence-corrected chi connectivity index (χ2v) is 15.9. The van der Waals surface area contributed by atoms with Crippen molar-refractivity contribution >= 4 is 33.7 Å². The first-order chi connectivity index (χ1) is 22.9. The van der Waals surface area contributed by atoms with Gasteiger partial charge in [-0.3, -0.25) is 24.0 Å². The molecule has 0 spiro atoms. The molecule has 3 fully saturated rings. The molecule has 48 heavy (non-hydrogen) atoms. The topological polar surface area (TPSA) is 165 Å². The number of fused-ring (bicyclic) bond motifs is 3. The predicted octanol–water partition coefficient (Wildman–Crippen LogP) is 2.90. The molecule has 1 saturated heterocycles. The number of Topliss-reactive ketones (excluding diaryl/α,β-unsaturated/α-hetero) is 1. The number of ketones is 1. The van der Waals surface area contributed by atoms with E-state index in [2.05, 4.69) is 4.72 Å². The quantitative estimate of drug-likeness (QED) is 0.428. The van der Waals surface area contributed by atoms with Crippen LogP contribution in [0.2, 0.25) is 0 Å². The summed E-state index contributed by atoms with van der Waals surface area (Å²) in [4.78, 5) is 57.8. The number of amides is 3. The molecule has 5 aliphatic rings. The molecule has 262 valence electrons. The Kier molecular flexibility index (Phi) is 9.97. The number of nitrogens with zero attached hydrogens (tertiary/aromatic N) is 2. The van der Waals surface area contributed by atoms with Gasteiger partial charge in [-0.15, -0.1) is 0 Å². The number of carbonyl (C=O) groups is 4. The lowest BCUT2D eigenvalue weighted by molar-refractivity contribution is -0.140. The van der Waals surface area contributed by atoms with Crippen LogP contribution in [0.1, 0.15) is 81.4 Å². The minimum absolute atomic E-state index is 0.00953. The Hall–Kier alpha value is -3.36. The third-order valence-corrected chi connectivity index (χ3v) is 12.4. The maximum atomic E-state index is 14.6. The van der Waals surface area contributed by atoms with Gasteiger partial charge in [-0.05, 0) is 68.1 Å². The fourth-order valence-corrected chi connectivity index (χ4v) is 8.94. The van der Waals surface area contributed by atoms with Gasteiger partial charge in [-0.1, -0.05) is 37.1 Å².